The van der Waals surface area contributed by atoms with Gasteiger partial charge in [0, 0.05) is 11.1 Å². The van der Waals surface area contributed by atoms with Crippen LogP contribution in [0.2, 0.25) is 0 Å². The van der Waals surface area contributed by atoms with Gasteiger partial charge in [-0.1, -0.05) is 68.0 Å². The fourth-order valence-corrected chi connectivity index (χ4v) is 3.34. The molecule has 0 N–H and O–H groups in total. The molecular weight excluding hydrogens is 370 g/mol. The van der Waals surface area contributed by atoms with Crippen LogP contribution in [0.25, 0.3) is 11.1 Å². The van der Waals surface area contributed by atoms with Gasteiger partial charge in [-0.25, -0.2) is 0 Å². The van der Waals surface area contributed by atoms with Crippen LogP contribution >= 0.6 is 12.2 Å². The molecule has 1 nitrogen and oxygen atoms in total. The van der Waals surface area contributed by atoms with Crippen LogP contribution in [0, 0.1) is 18.8 Å². The van der Waals surface area contributed by atoms with E-state index >= 15 is 0 Å². The first kappa shape index (κ1) is 20.7. The molecular formula is C27H25NS. The van der Waals surface area contributed by atoms with Crippen LogP contribution in [-0.2, 0) is 6.42 Å². The highest BCUT2D eigenvalue weighted by molar-refractivity contribution is 7.78. The Labute approximate surface area is 179 Å². The number of aryl methyl sites for hydroxylation is 2. The number of thiocarbonyl (C=S) groups is 1. The molecule has 3 aromatic rings. The Morgan fingerprint density at radius 1 is 0.828 bits per heavy atom. The van der Waals surface area contributed by atoms with E-state index in [1.165, 1.54) is 47.9 Å². The summed E-state index contributed by atoms with van der Waals surface area (Å²) >= 11 is 4.63. The first-order valence-electron chi connectivity index (χ1n) is 10.1. The number of isothiocyanates is 1. The second-order valence-corrected chi connectivity index (χ2v) is 7.37. The van der Waals surface area contributed by atoms with E-state index in [2.05, 4.69) is 90.5 Å². The normalized spacial score (nSPS) is 10.0. The summed E-state index contributed by atoms with van der Waals surface area (Å²) in [5.41, 5.74) is 7.88. The summed E-state index contributed by atoms with van der Waals surface area (Å²) in [5, 5.41) is 2.37. The molecule has 29 heavy (non-hydrogen) atoms. The van der Waals surface area contributed by atoms with Gasteiger partial charge in [-0.3, -0.25) is 0 Å². The van der Waals surface area contributed by atoms with Crippen molar-refractivity contribution >= 4 is 23.1 Å². The predicted octanol–water partition coefficient (Wildman–Crippen LogP) is 7.53. The minimum atomic E-state index is 0.794. The molecule has 0 saturated heterocycles. The molecule has 144 valence electrons. The fraction of sp³-hybridized carbons (Fsp3) is 0.222. The Balaban J connectivity index is 1.73. The zero-order valence-electron chi connectivity index (χ0n) is 17.0. The van der Waals surface area contributed by atoms with E-state index in [-0.39, 0.29) is 0 Å². The van der Waals surface area contributed by atoms with Gasteiger partial charge in [0.1, 0.15) is 0 Å². The van der Waals surface area contributed by atoms with Crippen LogP contribution < -0.4 is 0 Å². The molecule has 0 fully saturated rings. The molecule has 2 heteroatoms. The summed E-state index contributed by atoms with van der Waals surface area (Å²) < 4.78 is 0. The highest BCUT2D eigenvalue weighted by Crippen LogP contribution is 2.23. The molecule has 3 rings (SSSR count). The minimum Gasteiger partial charge on any atom is -0.195 e. The van der Waals surface area contributed by atoms with Crippen LogP contribution in [-0.4, -0.2) is 5.16 Å². The first-order chi connectivity index (χ1) is 14.2. The van der Waals surface area contributed by atoms with Crippen LogP contribution in [0.15, 0.2) is 71.7 Å². The van der Waals surface area contributed by atoms with Crippen molar-refractivity contribution in [3.8, 4) is 23.0 Å². The number of hydrogen-bond donors (Lipinski definition) is 0. The van der Waals surface area contributed by atoms with E-state index < -0.39 is 0 Å². The zero-order valence-corrected chi connectivity index (χ0v) is 17.9. The van der Waals surface area contributed by atoms with Crippen molar-refractivity contribution in [2.45, 2.75) is 39.5 Å². The third kappa shape index (κ3) is 6.00. The van der Waals surface area contributed by atoms with Crippen molar-refractivity contribution in [3.05, 3.63) is 89.0 Å². The number of hydrogen-bond acceptors (Lipinski definition) is 2. The molecule has 0 unspecified atom stereocenters. The molecule has 0 heterocycles. The van der Waals surface area contributed by atoms with Gasteiger partial charge in [-0.05, 0) is 84.6 Å². The predicted molar refractivity (Wildman–Crippen MR) is 127 cm³/mol. The highest BCUT2D eigenvalue weighted by Gasteiger charge is 2.02. The van der Waals surface area contributed by atoms with Gasteiger partial charge in [0.15, 0.2) is 0 Å². The van der Waals surface area contributed by atoms with Crippen LogP contribution in [0.1, 0.15) is 48.4 Å². The Morgan fingerprint density at radius 3 is 2.21 bits per heavy atom. The molecule has 0 aromatic heterocycles. The maximum Gasteiger partial charge on any atom is 0.0740 e. The molecule has 0 aliphatic heterocycles. The lowest BCUT2D eigenvalue weighted by atomic mass is 9.98. The van der Waals surface area contributed by atoms with Crippen molar-refractivity contribution < 1.29 is 0 Å². The first-order valence-corrected chi connectivity index (χ1v) is 10.5. The molecule has 0 aliphatic rings. The van der Waals surface area contributed by atoms with Gasteiger partial charge in [-0.15, -0.1) is 0 Å². The third-order valence-electron chi connectivity index (χ3n) is 4.97. The molecule has 0 atom stereocenters. The van der Waals surface area contributed by atoms with Gasteiger partial charge in [0.05, 0.1) is 10.8 Å². The lowest BCUT2D eigenvalue weighted by Gasteiger charge is -2.07. The SMILES string of the molecule is CCCCCc1ccc(-c2ccc(C#Cc3ccc(N=C=S)cc3)c(C)c2)cc1. The monoisotopic (exact) mass is 395 g/mol. The molecule has 0 saturated carbocycles. The maximum atomic E-state index is 4.63. The molecule has 0 amide bonds. The molecule has 0 radical (unpaired) electrons. The Hall–Kier alpha value is -2.98. The van der Waals surface area contributed by atoms with E-state index in [1.807, 2.05) is 24.3 Å². The van der Waals surface area contributed by atoms with Gasteiger partial charge >= 0.3 is 0 Å². The maximum absolute atomic E-state index is 4.63. The fourth-order valence-electron chi connectivity index (χ4n) is 3.24. The number of nitrogens with zero attached hydrogens (tertiary/aromatic N) is 1. The topological polar surface area (TPSA) is 12.4 Å². The standard InChI is InChI=1S/C27H25NS/c1-3-4-5-6-22-8-13-25(14-9-22)26-16-15-24(21(2)19-26)12-7-23-10-17-27(18-11-23)28-20-29/h8-11,13-19H,3-6H2,1-2H3. The lowest BCUT2D eigenvalue weighted by Crippen LogP contribution is -1.88. The van der Waals surface area contributed by atoms with E-state index in [0.717, 1.165) is 16.8 Å². The van der Waals surface area contributed by atoms with E-state index in [9.17, 15) is 0 Å². The lowest BCUT2D eigenvalue weighted by molar-refractivity contribution is 0.717. The quantitative estimate of drug-likeness (QED) is 0.182. The number of aliphatic imine (C=N–C) groups is 1. The van der Waals surface area contributed by atoms with Crippen molar-refractivity contribution in [2.75, 3.05) is 0 Å². The Morgan fingerprint density at radius 2 is 1.55 bits per heavy atom. The van der Waals surface area contributed by atoms with E-state index in [1.54, 1.807) is 0 Å². The summed E-state index contributed by atoms with van der Waals surface area (Å²) in [5.74, 6) is 6.50. The van der Waals surface area contributed by atoms with E-state index in [0.29, 0.717) is 0 Å². The number of unbranched alkanes of at least 4 members (excludes halogenated alkanes) is 2. The van der Waals surface area contributed by atoms with Crippen LogP contribution in [0.5, 0.6) is 0 Å². The Bertz CT molecular complexity index is 1060. The largest absolute Gasteiger partial charge is 0.195 e. The van der Waals surface area contributed by atoms with Gasteiger partial charge in [0.25, 0.3) is 0 Å². The van der Waals surface area contributed by atoms with E-state index in [4.69, 9.17) is 0 Å². The average Bonchev–Trinajstić information content (AvgIpc) is 2.75. The number of rotatable bonds is 6. The molecule has 0 aliphatic carbocycles. The minimum absolute atomic E-state index is 0.794. The van der Waals surface area contributed by atoms with Crippen LogP contribution in [0.3, 0.4) is 0 Å². The number of benzene rings is 3. The summed E-state index contributed by atoms with van der Waals surface area (Å²) in [7, 11) is 0. The summed E-state index contributed by atoms with van der Waals surface area (Å²) in [6.45, 7) is 4.36. The molecule has 0 bridgehead atoms. The summed E-state index contributed by atoms with van der Waals surface area (Å²) in [6, 6.07) is 23.1. The van der Waals surface area contributed by atoms with Crippen LogP contribution in [0.4, 0.5) is 5.69 Å². The van der Waals surface area contributed by atoms with Gasteiger partial charge < -0.3 is 0 Å². The van der Waals surface area contributed by atoms with Crippen molar-refractivity contribution in [2.24, 2.45) is 4.99 Å². The van der Waals surface area contributed by atoms with Crippen molar-refractivity contribution in [3.63, 3.8) is 0 Å². The summed E-state index contributed by atoms with van der Waals surface area (Å²) in [4.78, 5) is 3.96. The highest BCUT2D eigenvalue weighted by atomic mass is 32.1. The summed E-state index contributed by atoms with van der Waals surface area (Å²) in [6.07, 6.45) is 5.00. The molecule has 0 spiro atoms. The average molecular weight is 396 g/mol. The van der Waals surface area contributed by atoms with Gasteiger partial charge in [-0.2, -0.15) is 4.99 Å². The third-order valence-corrected chi connectivity index (χ3v) is 5.06. The second-order valence-electron chi connectivity index (χ2n) is 7.18. The zero-order chi connectivity index (χ0) is 20.5. The second kappa shape index (κ2) is 10.5. The Kier molecular flexibility index (Phi) is 7.54. The van der Waals surface area contributed by atoms with Crippen molar-refractivity contribution in [1.82, 2.24) is 0 Å². The van der Waals surface area contributed by atoms with Gasteiger partial charge in [0.2, 0.25) is 0 Å². The molecule has 3 aromatic carbocycles. The smallest absolute Gasteiger partial charge is 0.0740 e. The van der Waals surface area contributed by atoms with Crippen molar-refractivity contribution in [1.29, 1.82) is 0 Å².